The molecular weight excluding hydrogens is 1800 g/mol. The van der Waals surface area contributed by atoms with E-state index in [1.165, 1.54) is 197 Å². The zero-order valence-corrected chi connectivity index (χ0v) is 80.1. The van der Waals surface area contributed by atoms with Crippen molar-refractivity contribution in [1.82, 2.24) is 33.6 Å². The summed E-state index contributed by atoms with van der Waals surface area (Å²) >= 11 is 5.66. The molecule has 0 aliphatic carbocycles. The van der Waals surface area contributed by atoms with E-state index in [0.717, 1.165) is 83.9 Å². The lowest BCUT2D eigenvalue weighted by Gasteiger charge is -2.13. The van der Waals surface area contributed by atoms with Gasteiger partial charge in [0.25, 0.3) is 0 Å². The Kier molecular flexibility index (Phi) is 19.5. The van der Waals surface area contributed by atoms with Crippen LogP contribution in [0.1, 0.15) is 0 Å². The van der Waals surface area contributed by atoms with E-state index in [0.29, 0.717) is 5.95 Å². The first-order valence-corrected chi connectivity index (χ1v) is 51.3. The summed E-state index contributed by atoms with van der Waals surface area (Å²) in [6.45, 7) is 0. The first-order chi connectivity index (χ1) is 71.5. The molecule has 0 unspecified atom stereocenters. The fourth-order valence-electron chi connectivity index (χ4n) is 22.7. The molecule has 0 bridgehead atoms. The van der Waals surface area contributed by atoms with Crippen LogP contribution in [0.2, 0.25) is 0 Å². The predicted octanol–water partition coefficient (Wildman–Crippen LogP) is 37.6. The number of pyridine rings is 2. The number of para-hydroxylation sites is 4. The molecular formula is C134H81N7S3. The first-order valence-electron chi connectivity index (χ1n) is 48.9. The van der Waals surface area contributed by atoms with Crippen molar-refractivity contribution in [2.24, 2.45) is 0 Å². The first kappa shape index (κ1) is 82.9. The van der Waals surface area contributed by atoms with Crippen molar-refractivity contribution in [3.05, 3.63) is 491 Å². The molecule has 7 nitrogen and oxygen atoms in total. The highest BCUT2D eigenvalue weighted by Crippen LogP contribution is 2.54. The fourth-order valence-corrected chi connectivity index (χ4v) is 26.5. The van der Waals surface area contributed by atoms with E-state index in [9.17, 15) is 0 Å². The van der Waals surface area contributed by atoms with Gasteiger partial charge in [0.2, 0.25) is 5.95 Å². The van der Waals surface area contributed by atoms with Crippen LogP contribution >= 0.6 is 34.0 Å². The van der Waals surface area contributed by atoms with Gasteiger partial charge in [-0.05, 0) is 162 Å². The van der Waals surface area contributed by atoms with E-state index in [1.54, 1.807) is 0 Å². The van der Waals surface area contributed by atoms with Gasteiger partial charge in [-0.3, -0.25) is 4.57 Å². The average Bonchev–Trinajstić information content (AvgIpc) is 1.54. The van der Waals surface area contributed by atoms with Crippen molar-refractivity contribution >= 4 is 225 Å². The molecule has 670 valence electrons. The van der Waals surface area contributed by atoms with Gasteiger partial charge in [-0.25, -0.2) is 19.9 Å². The van der Waals surface area contributed by atoms with Crippen LogP contribution in [0.25, 0.3) is 287 Å². The molecule has 9 heterocycles. The summed E-state index contributed by atoms with van der Waals surface area (Å²) in [4.78, 5) is 21.2. The summed E-state index contributed by atoms with van der Waals surface area (Å²) in [5.74, 6) is 0.669. The summed E-state index contributed by atoms with van der Waals surface area (Å²) < 4.78 is 15.1. The van der Waals surface area contributed by atoms with Gasteiger partial charge in [0, 0.05) is 129 Å². The Bertz CT molecular complexity index is 10300. The second kappa shape index (κ2) is 33.8. The Morgan fingerprint density at radius 1 is 0.174 bits per heavy atom. The van der Waals surface area contributed by atoms with Crippen LogP contribution in [-0.2, 0) is 0 Å². The Morgan fingerprint density at radius 2 is 0.493 bits per heavy atom. The number of hydrogen-bond donors (Lipinski definition) is 0. The van der Waals surface area contributed by atoms with E-state index in [4.69, 9.17) is 19.9 Å². The second-order valence-electron chi connectivity index (χ2n) is 37.2. The van der Waals surface area contributed by atoms with Crippen LogP contribution in [0.15, 0.2) is 491 Å². The van der Waals surface area contributed by atoms with Crippen molar-refractivity contribution in [1.29, 1.82) is 0 Å². The molecule has 0 aliphatic heterocycles. The van der Waals surface area contributed by atoms with Crippen molar-refractivity contribution < 1.29 is 0 Å². The summed E-state index contributed by atoms with van der Waals surface area (Å²) in [6.07, 6.45) is 0. The minimum absolute atomic E-state index is 0.669. The number of fused-ring (bicyclic) bond motifs is 33. The van der Waals surface area contributed by atoms with Gasteiger partial charge in [-0.1, -0.05) is 400 Å². The van der Waals surface area contributed by atoms with Gasteiger partial charge in [0.1, 0.15) is 0 Å². The molecule has 0 N–H and O–H groups in total. The molecule has 0 fully saturated rings. The largest absolute Gasteiger partial charge is 0.308 e. The average molecular weight is 1890 g/mol. The lowest BCUT2D eigenvalue weighted by Crippen LogP contribution is -2.03. The number of rotatable bonds is 10. The quantitative estimate of drug-likeness (QED) is 0.137. The van der Waals surface area contributed by atoms with Crippen LogP contribution in [-0.4, -0.2) is 33.6 Å². The molecule has 0 saturated carbocycles. The zero-order valence-electron chi connectivity index (χ0n) is 77.6. The minimum atomic E-state index is 0.669. The standard InChI is InChI=1S/C48H29N3S.2C43H26N2S/c1-3-13-30(14-4-1)32-23-25-33(26-24-32)45-37-19-9-11-21-40(37)49-48(50-45)51-41-28-27-34(31-15-5-2-6-16-31)29-39(41)43-35-17-7-8-18-36(35)44-38-20-10-12-22-42(38)52-47(44)46(43)51;1-2-12-27(13-3-1)35-26-37(44-36-19-9-6-14-30(35)36)28-22-24-29(25-23-28)45-38-20-10-7-17-33(38)40-31-15-4-5-16-32(31)41-34-18-8-11-21-39(34)46-43(41)42(40)45;1-2-12-28(13-3-1)41-31-15-5-4-14-29(31)26-36(44-41)27-22-24-30(25-23-27)45-37-20-10-8-18-34(37)39-32-16-6-7-17-33(32)40-35-19-9-11-21-38(35)46-43(40)42(39)45/h1-29H;2*1-26H. The molecule has 0 radical (unpaired) electrons. The Labute approximate surface area is 838 Å². The molecule has 0 spiro atoms. The van der Waals surface area contributed by atoms with Crippen LogP contribution in [0.3, 0.4) is 0 Å². The smallest absolute Gasteiger partial charge is 0.235 e. The fraction of sp³-hybridized carbons (Fsp3) is 0. The third-order valence-corrected chi connectivity index (χ3v) is 32.7. The molecule has 22 aromatic carbocycles. The molecule has 10 heteroatoms. The van der Waals surface area contributed by atoms with Crippen molar-refractivity contribution in [3.63, 3.8) is 0 Å². The van der Waals surface area contributed by atoms with Gasteiger partial charge in [-0.2, -0.15) is 0 Å². The van der Waals surface area contributed by atoms with Gasteiger partial charge in [-0.15, -0.1) is 34.0 Å². The van der Waals surface area contributed by atoms with Gasteiger partial charge >= 0.3 is 0 Å². The second-order valence-corrected chi connectivity index (χ2v) is 40.3. The van der Waals surface area contributed by atoms with Crippen molar-refractivity contribution in [3.8, 4) is 95.7 Å². The van der Waals surface area contributed by atoms with Crippen molar-refractivity contribution in [2.45, 2.75) is 0 Å². The molecule has 0 atom stereocenters. The predicted molar refractivity (Wildman–Crippen MR) is 615 cm³/mol. The maximum absolute atomic E-state index is 5.49. The summed E-state index contributed by atoms with van der Waals surface area (Å²) in [7, 11) is 0. The number of benzene rings is 22. The van der Waals surface area contributed by atoms with Crippen molar-refractivity contribution in [2.75, 3.05) is 0 Å². The van der Waals surface area contributed by atoms with Gasteiger partial charge in [0.15, 0.2) is 0 Å². The Hall–Kier alpha value is -18.2. The van der Waals surface area contributed by atoms with Crippen LogP contribution in [0, 0.1) is 0 Å². The summed E-state index contributed by atoms with van der Waals surface area (Å²) in [5, 5.41) is 27.8. The van der Waals surface area contributed by atoms with E-state index >= 15 is 0 Å². The monoisotopic (exact) mass is 1880 g/mol. The number of aromatic nitrogens is 7. The third kappa shape index (κ3) is 13.4. The highest BCUT2D eigenvalue weighted by Gasteiger charge is 2.29. The van der Waals surface area contributed by atoms with E-state index < -0.39 is 0 Å². The highest BCUT2D eigenvalue weighted by molar-refractivity contribution is 7.28. The number of thiophene rings is 3. The molecule has 144 heavy (non-hydrogen) atoms. The van der Waals surface area contributed by atoms with E-state index in [1.807, 2.05) is 34.0 Å². The maximum atomic E-state index is 5.49. The van der Waals surface area contributed by atoms with Crippen LogP contribution < -0.4 is 0 Å². The summed E-state index contributed by atoms with van der Waals surface area (Å²) in [5.41, 5.74) is 26.9. The normalized spacial score (nSPS) is 11.9. The molecule has 9 aromatic heterocycles. The number of nitrogens with zero attached hydrogens (tertiary/aromatic N) is 7. The maximum Gasteiger partial charge on any atom is 0.235 e. The van der Waals surface area contributed by atoms with Crippen LogP contribution in [0.4, 0.5) is 0 Å². The van der Waals surface area contributed by atoms with Gasteiger partial charge < -0.3 is 9.13 Å². The SMILES string of the molecule is c1ccc(-c2cc(-c3ccc(-n4c5ccccc5c5c6ccccc6c6c7ccccc7sc6c54)cc3)nc3ccccc23)cc1.c1ccc(-c2ccc(-c3nc(-n4c5ccc(-c6ccccc6)cc5c5c6ccccc6c6c7ccccc7sc6c54)nc4ccccc34)cc2)cc1.c1ccc(-c2nc(-c3ccc(-n4c5ccccc5c5c6ccccc6c6c7ccccc7sc6c54)cc3)cc3ccccc23)cc1. The summed E-state index contributed by atoms with van der Waals surface area (Å²) in [6, 6.07) is 177. The van der Waals surface area contributed by atoms with Gasteiger partial charge in [0.05, 0.1) is 81.0 Å². The van der Waals surface area contributed by atoms with E-state index in [-0.39, 0.29) is 0 Å². The molecule has 0 amide bonds. The lowest BCUT2D eigenvalue weighted by molar-refractivity contribution is 1.02. The molecule has 31 aromatic rings. The van der Waals surface area contributed by atoms with E-state index in [2.05, 4.69) is 505 Å². The molecule has 31 rings (SSSR count). The Balaban J connectivity index is 0.000000103. The third-order valence-electron chi connectivity index (χ3n) is 29.1. The zero-order chi connectivity index (χ0) is 94.6. The Morgan fingerprint density at radius 3 is 0.986 bits per heavy atom. The van der Waals surface area contributed by atoms with Crippen LogP contribution in [0.5, 0.6) is 0 Å². The number of hydrogen-bond acceptors (Lipinski definition) is 7. The minimum Gasteiger partial charge on any atom is -0.308 e. The molecule has 0 aliphatic rings. The molecule has 0 saturated heterocycles. The topological polar surface area (TPSA) is 66.3 Å². The lowest BCUT2D eigenvalue weighted by atomic mass is 9.97. The highest BCUT2D eigenvalue weighted by atomic mass is 32.1.